The van der Waals surface area contributed by atoms with Gasteiger partial charge in [0.1, 0.15) is 0 Å². The highest BCUT2D eigenvalue weighted by Gasteiger charge is 1.84. The van der Waals surface area contributed by atoms with Crippen LogP contribution in [-0.2, 0) is 0 Å². The lowest BCUT2D eigenvalue weighted by molar-refractivity contribution is 1.43. The Labute approximate surface area is 86.8 Å². The average Bonchev–Trinajstić information content (AvgIpc) is 2.22. The number of hydrogen-bond acceptors (Lipinski definition) is 2. The Morgan fingerprint density at radius 1 is 1.36 bits per heavy atom. The summed E-state index contributed by atoms with van der Waals surface area (Å²) in [4.78, 5) is 0. The molecule has 80 valence electrons. The van der Waals surface area contributed by atoms with E-state index in [2.05, 4.69) is 30.1 Å². The molecule has 0 fully saturated rings. The molecule has 0 saturated carbocycles. The monoisotopic (exact) mass is 195 g/mol. The van der Waals surface area contributed by atoms with E-state index < -0.39 is 0 Å². The van der Waals surface area contributed by atoms with Crippen LogP contribution in [0.25, 0.3) is 0 Å². The molecular formula is C11H21N3. The molecule has 0 atom stereocenters. The molecule has 0 aliphatic heterocycles. The SMILES string of the molecule is CC.CNc1cccc(C)c1.N=CN. The normalized spacial score (nSPS) is 7.14. The Balaban J connectivity index is 0. The quantitative estimate of drug-likeness (QED) is 0.476. The molecule has 0 aliphatic rings. The molecule has 0 bridgehead atoms. The van der Waals surface area contributed by atoms with Crippen LogP contribution in [0.5, 0.6) is 0 Å². The maximum atomic E-state index is 5.86. The van der Waals surface area contributed by atoms with E-state index in [1.54, 1.807) is 0 Å². The van der Waals surface area contributed by atoms with Crippen LogP contribution in [0, 0.1) is 12.3 Å². The van der Waals surface area contributed by atoms with Crippen molar-refractivity contribution in [1.82, 2.24) is 0 Å². The standard InChI is InChI=1S/C8H11N.C2H6.CH4N2/c1-7-4-3-5-8(6-7)9-2;1-2;2-1-3/h3-6,9H,1-2H3;1-2H3;1H,(H3,2,3). The Morgan fingerprint density at radius 3 is 2.14 bits per heavy atom. The fourth-order valence-electron chi connectivity index (χ4n) is 0.801. The van der Waals surface area contributed by atoms with Crippen molar-refractivity contribution in [3.8, 4) is 0 Å². The first-order valence-corrected chi connectivity index (χ1v) is 4.69. The van der Waals surface area contributed by atoms with Crippen LogP contribution in [0.4, 0.5) is 5.69 Å². The summed E-state index contributed by atoms with van der Waals surface area (Å²) in [5, 5.41) is 8.93. The Kier molecular flexibility index (Phi) is 12.3. The lowest BCUT2D eigenvalue weighted by atomic mass is 10.2. The molecule has 0 aromatic heterocycles. The van der Waals surface area contributed by atoms with Crippen LogP contribution in [0.2, 0.25) is 0 Å². The molecule has 3 heteroatoms. The maximum absolute atomic E-state index is 5.86. The highest BCUT2D eigenvalue weighted by Crippen LogP contribution is 2.07. The molecule has 4 N–H and O–H groups in total. The lowest BCUT2D eigenvalue weighted by Gasteiger charge is -1.98. The molecule has 1 rings (SSSR count). The molecule has 0 radical (unpaired) electrons. The van der Waals surface area contributed by atoms with E-state index in [0.717, 1.165) is 6.34 Å². The van der Waals surface area contributed by atoms with Crippen molar-refractivity contribution in [3.63, 3.8) is 0 Å². The minimum Gasteiger partial charge on any atom is -0.390 e. The van der Waals surface area contributed by atoms with Gasteiger partial charge < -0.3 is 11.1 Å². The second kappa shape index (κ2) is 11.5. The van der Waals surface area contributed by atoms with Gasteiger partial charge in [-0.15, -0.1) is 0 Å². The summed E-state index contributed by atoms with van der Waals surface area (Å²) in [7, 11) is 1.93. The maximum Gasteiger partial charge on any atom is 0.0765 e. The number of rotatable bonds is 1. The summed E-state index contributed by atoms with van der Waals surface area (Å²) >= 11 is 0. The van der Waals surface area contributed by atoms with Gasteiger partial charge in [-0.25, -0.2) is 0 Å². The Bertz CT molecular complexity index is 234. The fourth-order valence-corrected chi connectivity index (χ4v) is 0.801. The van der Waals surface area contributed by atoms with E-state index in [1.807, 2.05) is 33.0 Å². The van der Waals surface area contributed by atoms with Crippen LogP contribution in [-0.4, -0.2) is 13.4 Å². The number of nitrogens with two attached hydrogens (primary N) is 1. The number of aryl methyl sites for hydroxylation is 1. The Hall–Kier alpha value is -1.51. The zero-order valence-electron chi connectivity index (χ0n) is 9.46. The van der Waals surface area contributed by atoms with Crippen molar-refractivity contribution in [2.24, 2.45) is 5.73 Å². The van der Waals surface area contributed by atoms with E-state index >= 15 is 0 Å². The summed E-state index contributed by atoms with van der Waals surface area (Å²) in [6, 6.07) is 8.29. The predicted molar refractivity (Wildman–Crippen MR) is 65.0 cm³/mol. The van der Waals surface area contributed by atoms with Crippen LogP contribution in [0.15, 0.2) is 24.3 Å². The molecule has 0 unspecified atom stereocenters. The molecule has 0 aliphatic carbocycles. The highest BCUT2D eigenvalue weighted by molar-refractivity contribution is 5.46. The molecule has 0 heterocycles. The minimum absolute atomic E-state index is 0.750. The molecule has 3 nitrogen and oxygen atoms in total. The molecule has 0 amide bonds. The third-order valence-corrected chi connectivity index (χ3v) is 1.31. The van der Waals surface area contributed by atoms with Crippen LogP contribution in [0.1, 0.15) is 19.4 Å². The Morgan fingerprint density at radius 2 is 1.86 bits per heavy atom. The average molecular weight is 195 g/mol. The smallest absolute Gasteiger partial charge is 0.0765 e. The third kappa shape index (κ3) is 8.59. The summed E-state index contributed by atoms with van der Waals surface area (Å²) in [5.41, 5.74) is 6.86. The minimum atomic E-state index is 0.750. The topological polar surface area (TPSA) is 61.9 Å². The fraction of sp³-hybridized carbons (Fsp3) is 0.364. The van der Waals surface area contributed by atoms with E-state index in [0.29, 0.717) is 0 Å². The van der Waals surface area contributed by atoms with Crippen molar-refractivity contribution >= 4 is 12.0 Å². The summed E-state index contributed by atoms with van der Waals surface area (Å²) in [6.07, 6.45) is 0.750. The zero-order chi connectivity index (χ0) is 11.4. The lowest BCUT2D eigenvalue weighted by Crippen LogP contribution is -1.86. The molecule has 1 aromatic rings. The first-order valence-electron chi connectivity index (χ1n) is 4.69. The summed E-state index contributed by atoms with van der Waals surface area (Å²) in [5.74, 6) is 0. The van der Waals surface area contributed by atoms with Crippen LogP contribution in [0.3, 0.4) is 0 Å². The van der Waals surface area contributed by atoms with Gasteiger partial charge in [-0.2, -0.15) is 0 Å². The molecule has 0 spiro atoms. The van der Waals surface area contributed by atoms with E-state index in [1.165, 1.54) is 11.3 Å². The van der Waals surface area contributed by atoms with Crippen LogP contribution < -0.4 is 11.1 Å². The third-order valence-electron chi connectivity index (χ3n) is 1.31. The van der Waals surface area contributed by atoms with Crippen LogP contribution >= 0.6 is 0 Å². The van der Waals surface area contributed by atoms with Gasteiger partial charge in [0.25, 0.3) is 0 Å². The van der Waals surface area contributed by atoms with Crippen molar-refractivity contribution in [2.75, 3.05) is 12.4 Å². The largest absolute Gasteiger partial charge is 0.390 e. The second-order valence-corrected chi connectivity index (χ2v) is 2.29. The number of benzene rings is 1. The molecule has 1 aromatic carbocycles. The first-order chi connectivity index (χ1) is 6.74. The van der Waals surface area contributed by atoms with Gasteiger partial charge in [0.05, 0.1) is 6.34 Å². The van der Waals surface area contributed by atoms with Gasteiger partial charge in [0.15, 0.2) is 0 Å². The van der Waals surface area contributed by atoms with Gasteiger partial charge in [-0.3, -0.25) is 5.41 Å². The van der Waals surface area contributed by atoms with E-state index in [-0.39, 0.29) is 0 Å². The summed E-state index contributed by atoms with van der Waals surface area (Å²) in [6.45, 7) is 6.08. The van der Waals surface area contributed by atoms with Gasteiger partial charge in [0.2, 0.25) is 0 Å². The van der Waals surface area contributed by atoms with Crippen molar-refractivity contribution in [2.45, 2.75) is 20.8 Å². The summed E-state index contributed by atoms with van der Waals surface area (Å²) < 4.78 is 0. The molecule has 0 saturated heterocycles. The first kappa shape index (κ1) is 15.0. The predicted octanol–water partition coefficient (Wildman–Crippen LogP) is 2.62. The van der Waals surface area contributed by atoms with Crippen molar-refractivity contribution < 1.29 is 0 Å². The zero-order valence-corrected chi connectivity index (χ0v) is 9.46. The highest BCUT2D eigenvalue weighted by atomic mass is 14.8. The van der Waals surface area contributed by atoms with Gasteiger partial charge in [-0.1, -0.05) is 26.0 Å². The second-order valence-electron chi connectivity index (χ2n) is 2.29. The van der Waals surface area contributed by atoms with Gasteiger partial charge in [-0.05, 0) is 24.6 Å². The van der Waals surface area contributed by atoms with Crippen molar-refractivity contribution in [3.05, 3.63) is 29.8 Å². The molecular weight excluding hydrogens is 174 g/mol. The van der Waals surface area contributed by atoms with Gasteiger partial charge in [0, 0.05) is 12.7 Å². The van der Waals surface area contributed by atoms with E-state index in [4.69, 9.17) is 5.41 Å². The number of anilines is 1. The molecule has 14 heavy (non-hydrogen) atoms. The van der Waals surface area contributed by atoms with Gasteiger partial charge >= 0.3 is 0 Å². The number of nitrogens with one attached hydrogen (secondary N) is 2. The number of hydrogen-bond donors (Lipinski definition) is 3. The van der Waals surface area contributed by atoms with E-state index in [9.17, 15) is 0 Å². The van der Waals surface area contributed by atoms with Crippen molar-refractivity contribution in [1.29, 1.82) is 5.41 Å².